The predicted octanol–water partition coefficient (Wildman–Crippen LogP) is 11.2. The second kappa shape index (κ2) is 22.2. The van der Waals surface area contributed by atoms with Crippen molar-refractivity contribution in [2.24, 2.45) is 0 Å². The number of rotatable bonds is 24. The van der Waals surface area contributed by atoms with Crippen molar-refractivity contribution in [1.29, 1.82) is 0 Å². The number of hydrogen-bond acceptors (Lipinski definition) is 7. The highest BCUT2D eigenvalue weighted by Gasteiger charge is 2.18. The molecule has 0 amide bonds. The van der Waals surface area contributed by atoms with Crippen LogP contribution in [0.2, 0.25) is 0 Å². The van der Waals surface area contributed by atoms with E-state index in [9.17, 15) is 0 Å². The van der Waals surface area contributed by atoms with Crippen molar-refractivity contribution in [3.8, 4) is 17.2 Å². The quantitative estimate of drug-likeness (QED) is 0.0675. The Morgan fingerprint density at radius 1 is 0.365 bits per heavy atom. The first kappa shape index (κ1) is 43.3. The summed E-state index contributed by atoms with van der Waals surface area (Å²) >= 11 is 0. The maximum atomic E-state index is 6.27. The summed E-state index contributed by atoms with van der Waals surface area (Å²) in [6.07, 6.45) is 0. The van der Waals surface area contributed by atoms with Crippen LogP contribution in [-0.4, -0.2) is 64.7 Å². The molecule has 290 valence electrons. The Balaban J connectivity index is 1.58. The number of nitrogens with zero attached hydrogens (tertiary/aromatic N) is 1. The van der Waals surface area contributed by atoms with Crippen LogP contribution in [0.4, 0.5) is 0 Å². The Morgan fingerprint density at radius 3 is 0.769 bits per heavy atom. The summed E-state index contributed by atoms with van der Waals surface area (Å²) in [6.45, 7) is 30.7. The first-order valence-corrected chi connectivity index (χ1v) is 19.6. The second-order valence-electron chi connectivity index (χ2n) is 15.6. The normalized spacial score (nSPS) is 12.1. The molecule has 3 rings (SSSR count). The minimum atomic E-state index is 0.201. The molecule has 0 heterocycles. The van der Waals surface area contributed by atoms with Crippen molar-refractivity contribution in [3.05, 3.63) is 88.0 Å². The van der Waals surface area contributed by atoms with Gasteiger partial charge < -0.3 is 28.4 Å². The van der Waals surface area contributed by atoms with Crippen LogP contribution in [0, 0.1) is 0 Å². The fraction of sp³-hybridized carbons (Fsp3) is 0.600. The number of benzene rings is 3. The van der Waals surface area contributed by atoms with Crippen molar-refractivity contribution in [2.75, 3.05) is 59.8 Å². The van der Waals surface area contributed by atoms with Gasteiger partial charge in [-0.05, 0) is 68.9 Å². The molecule has 0 saturated heterocycles. The highest BCUT2D eigenvalue weighted by atomic mass is 16.7. The summed E-state index contributed by atoms with van der Waals surface area (Å²) in [6, 6.07) is 19.3. The van der Waals surface area contributed by atoms with Gasteiger partial charge in [0.15, 0.2) is 20.4 Å². The minimum absolute atomic E-state index is 0.201. The van der Waals surface area contributed by atoms with Gasteiger partial charge in [0.05, 0.1) is 19.8 Å². The fourth-order valence-electron chi connectivity index (χ4n) is 6.34. The predicted molar refractivity (Wildman–Crippen MR) is 215 cm³/mol. The van der Waals surface area contributed by atoms with E-state index in [1.165, 1.54) is 33.4 Å². The Morgan fingerprint density at radius 2 is 0.577 bits per heavy atom. The van der Waals surface area contributed by atoms with Gasteiger partial charge in [0.2, 0.25) is 0 Å². The molecule has 3 aromatic rings. The Kier molecular flexibility index (Phi) is 18.5. The lowest BCUT2D eigenvalue weighted by Gasteiger charge is -2.24. The molecular formula is C45H69NO6. The zero-order valence-corrected chi connectivity index (χ0v) is 34.4. The van der Waals surface area contributed by atoms with E-state index in [-0.39, 0.29) is 20.4 Å². The van der Waals surface area contributed by atoms with E-state index in [4.69, 9.17) is 28.4 Å². The molecule has 0 saturated carbocycles. The van der Waals surface area contributed by atoms with Gasteiger partial charge in [-0.1, -0.05) is 138 Å². The number of ether oxygens (including phenoxy) is 6. The molecule has 7 nitrogen and oxygen atoms in total. The molecule has 0 aromatic heterocycles. The molecule has 0 atom stereocenters. The molecule has 3 aromatic carbocycles. The average molecular weight is 720 g/mol. The van der Waals surface area contributed by atoms with Gasteiger partial charge >= 0.3 is 0 Å². The molecule has 0 aliphatic carbocycles. The van der Waals surface area contributed by atoms with Crippen LogP contribution < -0.4 is 14.2 Å². The first-order chi connectivity index (χ1) is 24.8. The standard InChI is InChI=1S/C45H69NO6/c1-31(2)37-16-13-17-38(32(3)4)43(37)50-28-47-25-22-46(23-26-48-29-51-44-39(33(5)6)18-14-19-40(44)34(7)8)24-27-49-30-52-45-41(35(9)10)20-15-21-42(45)36(11)12/h13-21,31-36H,22-30H2,1-12H3. The van der Waals surface area contributed by atoms with Gasteiger partial charge in [-0.2, -0.15) is 0 Å². The first-order valence-electron chi connectivity index (χ1n) is 19.6. The SMILES string of the molecule is CC(C)c1cccc(C(C)C)c1OCOCCN(CCOCOc1c(C(C)C)cccc1C(C)C)CCOCOc1c(C(C)C)cccc1C(C)C. The van der Waals surface area contributed by atoms with Gasteiger partial charge in [0, 0.05) is 19.6 Å². The molecule has 0 spiro atoms. The van der Waals surface area contributed by atoms with Crippen molar-refractivity contribution in [3.63, 3.8) is 0 Å². The maximum absolute atomic E-state index is 6.27. The lowest BCUT2D eigenvalue weighted by Crippen LogP contribution is -2.34. The van der Waals surface area contributed by atoms with E-state index in [2.05, 4.69) is 143 Å². The largest absolute Gasteiger partial charge is 0.467 e. The summed E-state index contributed by atoms with van der Waals surface area (Å²) in [4.78, 5) is 2.30. The molecule has 52 heavy (non-hydrogen) atoms. The van der Waals surface area contributed by atoms with E-state index in [1.54, 1.807) is 0 Å². The lowest BCUT2D eigenvalue weighted by molar-refractivity contribution is -0.0257. The van der Waals surface area contributed by atoms with Gasteiger partial charge in [0.1, 0.15) is 17.2 Å². The van der Waals surface area contributed by atoms with Crippen LogP contribution in [0.25, 0.3) is 0 Å². The Bertz CT molecular complexity index is 1210. The molecule has 0 aliphatic rings. The molecular weight excluding hydrogens is 650 g/mol. The Labute approximate surface area is 316 Å². The molecule has 0 N–H and O–H groups in total. The van der Waals surface area contributed by atoms with Crippen LogP contribution in [-0.2, 0) is 14.2 Å². The minimum Gasteiger partial charge on any atom is -0.467 e. The highest BCUT2D eigenvalue weighted by molar-refractivity contribution is 5.46. The molecule has 0 bridgehead atoms. The molecule has 0 unspecified atom stereocenters. The zero-order valence-electron chi connectivity index (χ0n) is 34.4. The van der Waals surface area contributed by atoms with E-state index in [0.29, 0.717) is 75.0 Å². The molecule has 7 heteroatoms. The molecule has 0 radical (unpaired) electrons. The van der Waals surface area contributed by atoms with Gasteiger partial charge in [0.25, 0.3) is 0 Å². The van der Waals surface area contributed by atoms with Crippen molar-refractivity contribution < 1.29 is 28.4 Å². The van der Waals surface area contributed by atoms with Crippen LogP contribution >= 0.6 is 0 Å². The van der Waals surface area contributed by atoms with Crippen LogP contribution in [0.1, 0.15) is 152 Å². The lowest BCUT2D eigenvalue weighted by atomic mass is 9.94. The Hall–Kier alpha value is -3.10. The van der Waals surface area contributed by atoms with E-state index in [1.807, 2.05) is 0 Å². The summed E-state index contributed by atoms with van der Waals surface area (Å²) < 4.78 is 37.0. The maximum Gasteiger partial charge on any atom is 0.189 e. The van der Waals surface area contributed by atoms with Crippen molar-refractivity contribution in [2.45, 2.75) is 119 Å². The third-order valence-corrected chi connectivity index (χ3v) is 9.48. The smallest absolute Gasteiger partial charge is 0.189 e. The third-order valence-electron chi connectivity index (χ3n) is 9.48. The second-order valence-corrected chi connectivity index (χ2v) is 15.6. The van der Waals surface area contributed by atoms with Crippen molar-refractivity contribution >= 4 is 0 Å². The summed E-state index contributed by atoms with van der Waals surface area (Å²) in [7, 11) is 0. The molecule has 0 fully saturated rings. The third kappa shape index (κ3) is 13.1. The van der Waals surface area contributed by atoms with E-state index >= 15 is 0 Å². The average Bonchev–Trinajstić information content (AvgIpc) is 3.10. The topological polar surface area (TPSA) is 58.6 Å². The summed E-state index contributed by atoms with van der Waals surface area (Å²) in [5.41, 5.74) is 7.27. The van der Waals surface area contributed by atoms with Crippen LogP contribution in [0.5, 0.6) is 17.2 Å². The fourth-order valence-corrected chi connectivity index (χ4v) is 6.34. The zero-order chi connectivity index (χ0) is 38.2. The highest BCUT2D eigenvalue weighted by Crippen LogP contribution is 2.36. The number of para-hydroxylation sites is 3. The number of hydrogen-bond donors (Lipinski definition) is 0. The van der Waals surface area contributed by atoms with Crippen LogP contribution in [0.15, 0.2) is 54.6 Å². The van der Waals surface area contributed by atoms with Crippen molar-refractivity contribution in [1.82, 2.24) is 4.90 Å². The van der Waals surface area contributed by atoms with Gasteiger partial charge in [-0.25, -0.2) is 0 Å². The van der Waals surface area contributed by atoms with Gasteiger partial charge in [-0.3, -0.25) is 4.90 Å². The molecule has 0 aliphatic heterocycles. The van der Waals surface area contributed by atoms with Crippen LogP contribution in [0.3, 0.4) is 0 Å². The summed E-state index contributed by atoms with van der Waals surface area (Å²) in [5, 5.41) is 0. The monoisotopic (exact) mass is 720 g/mol. The summed E-state index contributed by atoms with van der Waals surface area (Å²) in [5.74, 6) is 5.04. The van der Waals surface area contributed by atoms with E-state index in [0.717, 1.165) is 17.2 Å². The van der Waals surface area contributed by atoms with E-state index < -0.39 is 0 Å². The van der Waals surface area contributed by atoms with Gasteiger partial charge in [-0.15, -0.1) is 0 Å².